The second-order valence-electron chi connectivity index (χ2n) is 3.44. The number of phenols is 1. The first-order valence-electron chi connectivity index (χ1n) is 4.65. The van der Waals surface area contributed by atoms with Crippen LogP contribution in [0.3, 0.4) is 0 Å². The topological polar surface area (TPSA) is 25.2 Å². The summed E-state index contributed by atoms with van der Waals surface area (Å²) >= 11 is 0. The van der Waals surface area contributed by atoms with Crippen molar-refractivity contribution >= 4 is 0 Å². The van der Waals surface area contributed by atoms with Gasteiger partial charge in [0.2, 0.25) is 0 Å². The van der Waals surface area contributed by atoms with Crippen LogP contribution >= 0.6 is 0 Å². The molecular weight excluding hydrogens is 174 g/mol. The standard InChI is InChI=1S/C12H13NO/c1-10-3-2-8-13(10)9-11-4-6-12(14)7-5-11/h2-8,14H,9H2,1H3. The van der Waals surface area contributed by atoms with Gasteiger partial charge in [-0.05, 0) is 36.8 Å². The molecule has 2 nitrogen and oxygen atoms in total. The van der Waals surface area contributed by atoms with Crippen LogP contribution in [0.4, 0.5) is 0 Å². The van der Waals surface area contributed by atoms with Gasteiger partial charge in [-0.2, -0.15) is 0 Å². The van der Waals surface area contributed by atoms with Crippen LogP contribution in [-0.4, -0.2) is 9.67 Å². The van der Waals surface area contributed by atoms with Crippen molar-refractivity contribution in [2.24, 2.45) is 0 Å². The first-order valence-corrected chi connectivity index (χ1v) is 4.65. The van der Waals surface area contributed by atoms with Crippen molar-refractivity contribution in [1.82, 2.24) is 4.57 Å². The molecule has 0 saturated carbocycles. The highest BCUT2D eigenvalue weighted by atomic mass is 16.3. The Morgan fingerprint density at radius 3 is 2.43 bits per heavy atom. The third-order valence-electron chi connectivity index (χ3n) is 2.35. The molecule has 0 aliphatic rings. The predicted octanol–water partition coefficient (Wildman–Crippen LogP) is 2.55. The highest BCUT2D eigenvalue weighted by Gasteiger charge is 1.97. The van der Waals surface area contributed by atoms with Gasteiger partial charge < -0.3 is 9.67 Å². The second kappa shape index (κ2) is 3.58. The van der Waals surface area contributed by atoms with Crippen LogP contribution in [0.15, 0.2) is 42.6 Å². The largest absolute Gasteiger partial charge is 0.508 e. The van der Waals surface area contributed by atoms with Gasteiger partial charge in [0.1, 0.15) is 5.75 Å². The molecule has 0 aliphatic heterocycles. The molecule has 0 amide bonds. The predicted molar refractivity (Wildman–Crippen MR) is 56.4 cm³/mol. The molecule has 0 atom stereocenters. The Labute approximate surface area is 83.4 Å². The van der Waals surface area contributed by atoms with Crippen LogP contribution in [0, 0.1) is 6.92 Å². The Hall–Kier alpha value is -1.70. The van der Waals surface area contributed by atoms with E-state index in [1.54, 1.807) is 12.1 Å². The van der Waals surface area contributed by atoms with E-state index in [2.05, 4.69) is 23.8 Å². The van der Waals surface area contributed by atoms with Crippen LogP contribution in [0.2, 0.25) is 0 Å². The molecule has 0 aliphatic carbocycles. The number of phenolic OH excluding ortho intramolecular Hbond substituents is 1. The van der Waals surface area contributed by atoms with Gasteiger partial charge in [0.15, 0.2) is 0 Å². The number of aromatic hydroxyl groups is 1. The molecule has 0 saturated heterocycles. The van der Waals surface area contributed by atoms with Gasteiger partial charge >= 0.3 is 0 Å². The van der Waals surface area contributed by atoms with Crippen LogP contribution in [0.1, 0.15) is 11.3 Å². The van der Waals surface area contributed by atoms with E-state index < -0.39 is 0 Å². The summed E-state index contributed by atoms with van der Waals surface area (Å²) < 4.78 is 2.17. The number of rotatable bonds is 2. The van der Waals surface area contributed by atoms with E-state index in [0.29, 0.717) is 5.75 Å². The van der Waals surface area contributed by atoms with Crippen LogP contribution in [-0.2, 0) is 6.54 Å². The number of benzene rings is 1. The molecule has 0 unspecified atom stereocenters. The minimum atomic E-state index is 0.318. The van der Waals surface area contributed by atoms with Gasteiger partial charge in [0, 0.05) is 18.4 Å². The van der Waals surface area contributed by atoms with Gasteiger partial charge in [0.25, 0.3) is 0 Å². The Morgan fingerprint density at radius 2 is 1.86 bits per heavy atom. The molecule has 1 aromatic heterocycles. The summed E-state index contributed by atoms with van der Waals surface area (Å²) in [5, 5.41) is 9.13. The molecule has 2 aromatic rings. The smallest absolute Gasteiger partial charge is 0.115 e. The summed E-state index contributed by atoms with van der Waals surface area (Å²) in [5.41, 5.74) is 2.44. The van der Waals surface area contributed by atoms with Gasteiger partial charge in [0.05, 0.1) is 0 Å². The van der Waals surface area contributed by atoms with E-state index in [4.69, 9.17) is 5.11 Å². The molecule has 0 spiro atoms. The highest BCUT2D eigenvalue weighted by Crippen LogP contribution is 2.12. The molecule has 0 radical (unpaired) electrons. The SMILES string of the molecule is Cc1cccn1Cc1ccc(O)cc1. The average molecular weight is 187 g/mol. The van der Waals surface area contributed by atoms with Gasteiger partial charge in [-0.3, -0.25) is 0 Å². The Kier molecular flexibility index (Phi) is 2.27. The lowest BCUT2D eigenvalue weighted by Gasteiger charge is -2.05. The molecule has 0 fully saturated rings. The van der Waals surface area contributed by atoms with E-state index in [1.165, 1.54) is 11.3 Å². The van der Waals surface area contributed by atoms with Crippen molar-refractivity contribution in [3.63, 3.8) is 0 Å². The second-order valence-corrected chi connectivity index (χ2v) is 3.44. The maximum Gasteiger partial charge on any atom is 0.115 e. The fourth-order valence-corrected chi connectivity index (χ4v) is 1.47. The summed E-state index contributed by atoms with van der Waals surface area (Å²) in [6.07, 6.45) is 2.06. The summed E-state index contributed by atoms with van der Waals surface area (Å²) in [6, 6.07) is 11.4. The average Bonchev–Trinajstić information content (AvgIpc) is 2.56. The van der Waals surface area contributed by atoms with Crippen molar-refractivity contribution in [2.75, 3.05) is 0 Å². The Morgan fingerprint density at radius 1 is 1.14 bits per heavy atom. The zero-order valence-corrected chi connectivity index (χ0v) is 8.14. The van der Waals surface area contributed by atoms with E-state index in [-0.39, 0.29) is 0 Å². The Bertz CT molecular complexity index is 414. The van der Waals surface area contributed by atoms with Crippen molar-refractivity contribution in [1.29, 1.82) is 0 Å². The molecule has 1 aromatic carbocycles. The molecule has 1 heterocycles. The molecule has 14 heavy (non-hydrogen) atoms. The molecule has 1 N–H and O–H groups in total. The summed E-state index contributed by atoms with van der Waals surface area (Å²) in [5.74, 6) is 0.318. The lowest BCUT2D eigenvalue weighted by Crippen LogP contribution is -1.99. The van der Waals surface area contributed by atoms with Crippen molar-refractivity contribution < 1.29 is 5.11 Å². The maximum atomic E-state index is 9.13. The van der Waals surface area contributed by atoms with Crippen molar-refractivity contribution in [2.45, 2.75) is 13.5 Å². The number of aryl methyl sites for hydroxylation is 1. The number of hydrogen-bond donors (Lipinski definition) is 1. The first kappa shape index (κ1) is 8.88. The number of aromatic nitrogens is 1. The lowest BCUT2D eigenvalue weighted by molar-refractivity contribution is 0.475. The van der Waals surface area contributed by atoms with Gasteiger partial charge in [-0.25, -0.2) is 0 Å². The minimum absolute atomic E-state index is 0.318. The Balaban J connectivity index is 2.19. The normalized spacial score (nSPS) is 10.4. The van der Waals surface area contributed by atoms with Crippen LogP contribution < -0.4 is 0 Å². The maximum absolute atomic E-state index is 9.13. The third kappa shape index (κ3) is 1.79. The molecule has 2 rings (SSSR count). The molecule has 72 valence electrons. The summed E-state index contributed by atoms with van der Waals surface area (Å²) in [4.78, 5) is 0. The lowest BCUT2D eigenvalue weighted by atomic mass is 10.2. The van der Waals surface area contributed by atoms with E-state index in [0.717, 1.165) is 6.54 Å². The zero-order valence-electron chi connectivity index (χ0n) is 8.14. The van der Waals surface area contributed by atoms with E-state index in [9.17, 15) is 0 Å². The monoisotopic (exact) mass is 187 g/mol. The molecular formula is C12H13NO. The van der Waals surface area contributed by atoms with Crippen LogP contribution in [0.5, 0.6) is 5.75 Å². The fraction of sp³-hybridized carbons (Fsp3) is 0.167. The highest BCUT2D eigenvalue weighted by molar-refractivity contribution is 5.26. The quantitative estimate of drug-likeness (QED) is 0.768. The number of nitrogens with zero attached hydrogens (tertiary/aromatic N) is 1. The first-order chi connectivity index (χ1) is 6.75. The molecule has 2 heteroatoms. The number of hydrogen-bond acceptors (Lipinski definition) is 1. The van der Waals surface area contributed by atoms with Crippen molar-refractivity contribution in [3.05, 3.63) is 53.9 Å². The van der Waals surface area contributed by atoms with Crippen molar-refractivity contribution in [3.8, 4) is 5.75 Å². The van der Waals surface area contributed by atoms with E-state index in [1.807, 2.05) is 18.2 Å². The van der Waals surface area contributed by atoms with Crippen LogP contribution in [0.25, 0.3) is 0 Å². The summed E-state index contributed by atoms with van der Waals surface area (Å²) in [6.45, 7) is 2.94. The van der Waals surface area contributed by atoms with Gasteiger partial charge in [-0.15, -0.1) is 0 Å². The van der Waals surface area contributed by atoms with E-state index >= 15 is 0 Å². The third-order valence-corrected chi connectivity index (χ3v) is 2.35. The van der Waals surface area contributed by atoms with Gasteiger partial charge in [-0.1, -0.05) is 12.1 Å². The summed E-state index contributed by atoms with van der Waals surface area (Å²) in [7, 11) is 0. The zero-order chi connectivity index (χ0) is 9.97. The molecule has 0 bridgehead atoms. The minimum Gasteiger partial charge on any atom is -0.508 e. The fourth-order valence-electron chi connectivity index (χ4n) is 1.47.